The maximum atomic E-state index is 11.5. The molecule has 4 nitrogen and oxygen atoms in total. The lowest BCUT2D eigenvalue weighted by Gasteiger charge is -2.21. The van der Waals surface area contributed by atoms with Crippen molar-refractivity contribution in [2.45, 2.75) is 32.4 Å². The van der Waals surface area contributed by atoms with Crippen molar-refractivity contribution < 1.29 is 14.3 Å². The Morgan fingerprint density at radius 3 is 2.90 bits per heavy atom. The molecule has 1 saturated heterocycles. The number of methoxy groups -OCH3 is 1. The predicted molar refractivity (Wildman–Crippen MR) is 78.3 cm³/mol. The topological polar surface area (TPSA) is 38.8 Å². The number of ether oxygens (including phenoxy) is 2. The molecule has 1 unspecified atom stereocenters. The van der Waals surface area contributed by atoms with Gasteiger partial charge in [0, 0.05) is 30.8 Å². The van der Waals surface area contributed by atoms with Crippen LogP contribution in [-0.4, -0.2) is 44.1 Å². The predicted octanol–water partition coefficient (Wildman–Crippen LogP) is 2.51. The van der Waals surface area contributed by atoms with Crippen LogP contribution in [0.3, 0.4) is 0 Å². The summed E-state index contributed by atoms with van der Waals surface area (Å²) in [7, 11) is 3.73. The molecule has 0 spiro atoms. The van der Waals surface area contributed by atoms with Gasteiger partial charge in [0.25, 0.3) is 0 Å². The normalized spacial score (nSPS) is 18.5. The van der Waals surface area contributed by atoms with Crippen LogP contribution in [0.25, 0.3) is 0 Å². The van der Waals surface area contributed by atoms with Gasteiger partial charge in [0.1, 0.15) is 5.75 Å². The van der Waals surface area contributed by atoms with Crippen molar-refractivity contribution in [3.05, 3.63) is 29.3 Å². The number of Topliss-reactive ketones (excluding diaryl/α,β-unsaturated/α-hetero) is 1. The van der Waals surface area contributed by atoms with Gasteiger partial charge in [0.05, 0.1) is 13.2 Å². The van der Waals surface area contributed by atoms with Crippen molar-refractivity contribution in [3.8, 4) is 5.75 Å². The number of rotatable bonds is 6. The molecule has 0 bridgehead atoms. The molecular formula is C16H23NO3. The fourth-order valence-corrected chi connectivity index (χ4v) is 2.61. The summed E-state index contributed by atoms with van der Waals surface area (Å²) in [5.74, 6) is 0.907. The van der Waals surface area contributed by atoms with Crippen molar-refractivity contribution in [1.29, 1.82) is 0 Å². The number of hydrogen-bond donors (Lipinski definition) is 0. The number of carbonyl (C=O) groups excluding carboxylic acids is 1. The summed E-state index contributed by atoms with van der Waals surface area (Å²) in [5, 5.41) is 0. The van der Waals surface area contributed by atoms with Gasteiger partial charge in [-0.3, -0.25) is 9.69 Å². The van der Waals surface area contributed by atoms with Crippen LogP contribution in [0.1, 0.15) is 35.7 Å². The highest BCUT2D eigenvalue weighted by Gasteiger charge is 2.18. The zero-order valence-corrected chi connectivity index (χ0v) is 12.5. The summed E-state index contributed by atoms with van der Waals surface area (Å²) >= 11 is 0. The van der Waals surface area contributed by atoms with Crippen molar-refractivity contribution >= 4 is 5.78 Å². The van der Waals surface area contributed by atoms with Crippen molar-refractivity contribution in [2.75, 3.05) is 27.3 Å². The minimum atomic E-state index is 0.0793. The van der Waals surface area contributed by atoms with E-state index in [0.29, 0.717) is 6.10 Å². The second-order valence-electron chi connectivity index (χ2n) is 5.41. The zero-order chi connectivity index (χ0) is 14.5. The van der Waals surface area contributed by atoms with E-state index in [-0.39, 0.29) is 5.78 Å². The van der Waals surface area contributed by atoms with Gasteiger partial charge in [0.2, 0.25) is 0 Å². The van der Waals surface area contributed by atoms with Crippen LogP contribution in [0.4, 0.5) is 0 Å². The second kappa shape index (κ2) is 6.86. The first-order valence-corrected chi connectivity index (χ1v) is 7.08. The van der Waals surface area contributed by atoms with Gasteiger partial charge in [-0.1, -0.05) is 0 Å². The summed E-state index contributed by atoms with van der Waals surface area (Å²) in [6.45, 7) is 4.13. The first kappa shape index (κ1) is 15.0. The van der Waals surface area contributed by atoms with Gasteiger partial charge < -0.3 is 9.47 Å². The highest BCUT2D eigenvalue weighted by Crippen LogP contribution is 2.22. The van der Waals surface area contributed by atoms with Gasteiger partial charge in [-0.15, -0.1) is 0 Å². The maximum Gasteiger partial charge on any atom is 0.159 e. The molecule has 0 saturated carbocycles. The van der Waals surface area contributed by atoms with E-state index in [1.165, 1.54) is 0 Å². The third-order valence-corrected chi connectivity index (χ3v) is 3.67. The molecule has 110 valence electrons. The average molecular weight is 277 g/mol. The maximum absolute atomic E-state index is 11.5. The summed E-state index contributed by atoms with van der Waals surface area (Å²) in [6.07, 6.45) is 2.62. The Labute approximate surface area is 120 Å². The SMILES string of the molecule is COc1ccc(C(C)=O)cc1CN(C)CC1CCCO1. The Kier molecular flexibility index (Phi) is 5.15. The number of nitrogens with zero attached hydrogens (tertiary/aromatic N) is 1. The van der Waals surface area contributed by atoms with E-state index in [1.54, 1.807) is 14.0 Å². The summed E-state index contributed by atoms with van der Waals surface area (Å²) in [6, 6.07) is 5.60. The Bertz CT molecular complexity index is 467. The van der Waals surface area contributed by atoms with Gasteiger partial charge in [-0.2, -0.15) is 0 Å². The van der Waals surface area contributed by atoms with E-state index < -0.39 is 0 Å². The molecule has 0 aromatic heterocycles. The number of ketones is 1. The van der Waals surface area contributed by atoms with Crippen LogP contribution in [0.15, 0.2) is 18.2 Å². The molecule has 1 heterocycles. The standard InChI is InChI=1S/C16H23NO3/c1-12(18)13-6-7-16(19-3)14(9-13)10-17(2)11-15-5-4-8-20-15/h6-7,9,15H,4-5,8,10-11H2,1-3H3. The largest absolute Gasteiger partial charge is 0.496 e. The molecular weight excluding hydrogens is 254 g/mol. The van der Waals surface area contributed by atoms with Crippen molar-refractivity contribution in [2.24, 2.45) is 0 Å². The molecule has 1 aliphatic heterocycles. The lowest BCUT2D eigenvalue weighted by Crippen LogP contribution is -2.28. The van der Waals surface area contributed by atoms with E-state index in [2.05, 4.69) is 11.9 Å². The Hall–Kier alpha value is -1.39. The smallest absolute Gasteiger partial charge is 0.159 e. The molecule has 0 radical (unpaired) electrons. The molecule has 1 aromatic carbocycles. The Morgan fingerprint density at radius 2 is 2.30 bits per heavy atom. The molecule has 0 aliphatic carbocycles. The molecule has 0 amide bonds. The minimum Gasteiger partial charge on any atom is -0.496 e. The van der Waals surface area contributed by atoms with Crippen LogP contribution in [0.2, 0.25) is 0 Å². The molecule has 2 rings (SSSR count). The molecule has 0 N–H and O–H groups in total. The summed E-state index contributed by atoms with van der Waals surface area (Å²) < 4.78 is 11.0. The molecule has 1 fully saturated rings. The zero-order valence-electron chi connectivity index (χ0n) is 12.5. The number of carbonyl (C=O) groups is 1. The van der Waals surface area contributed by atoms with Crippen LogP contribution in [0.5, 0.6) is 5.75 Å². The lowest BCUT2D eigenvalue weighted by molar-refractivity contribution is 0.0790. The number of likely N-dealkylation sites (N-methyl/N-ethyl adjacent to an activating group) is 1. The number of hydrogen-bond acceptors (Lipinski definition) is 4. The van der Waals surface area contributed by atoms with Crippen molar-refractivity contribution in [3.63, 3.8) is 0 Å². The summed E-state index contributed by atoms with van der Waals surface area (Å²) in [4.78, 5) is 13.7. The second-order valence-corrected chi connectivity index (χ2v) is 5.41. The van der Waals surface area contributed by atoms with Gasteiger partial charge >= 0.3 is 0 Å². The lowest BCUT2D eigenvalue weighted by atomic mass is 10.1. The fraction of sp³-hybridized carbons (Fsp3) is 0.562. The molecule has 1 aliphatic rings. The molecule has 1 atom stereocenters. The van der Waals surface area contributed by atoms with Crippen LogP contribution in [-0.2, 0) is 11.3 Å². The average Bonchev–Trinajstić information content (AvgIpc) is 2.91. The minimum absolute atomic E-state index is 0.0793. The number of benzene rings is 1. The quantitative estimate of drug-likeness (QED) is 0.749. The van der Waals surface area contributed by atoms with Crippen LogP contribution < -0.4 is 4.74 Å². The fourth-order valence-electron chi connectivity index (χ4n) is 2.61. The highest BCUT2D eigenvalue weighted by atomic mass is 16.5. The van der Waals surface area contributed by atoms with E-state index in [4.69, 9.17) is 9.47 Å². The Morgan fingerprint density at radius 1 is 1.50 bits per heavy atom. The monoisotopic (exact) mass is 277 g/mol. The van der Waals surface area contributed by atoms with Crippen LogP contribution >= 0.6 is 0 Å². The van der Waals surface area contributed by atoms with E-state index >= 15 is 0 Å². The van der Waals surface area contributed by atoms with E-state index in [0.717, 1.165) is 49.4 Å². The third-order valence-electron chi connectivity index (χ3n) is 3.67. The van der Waals surface area contributed by atoms with Gasteiger partial charge in [-0.05, 0) is 45.0 Å². The van der Waals surface area contributed by atoms with Gasteiger partial charge in [0.15, 0.2) is 5.78 Å². The van der Waals surface area contributed by atoms with E-state index in [1.807, 2.05) is 18.2 Å². The molecule has 1 aromatic rings. The highest BCUT2D eigenvalue weighted by molar-refractivity contribution is 5.94. The first-order chi connectivity index (χ1) is 9.60. The third kappa shape index (κ3) is 3.81. The molecule has 4 heteroatoms. The summed E-state index contributed by atoms with van der Waals surface area (Å²) in [5.41, 5.74) is 1.77. The Balaban J connectivity index is 2.05. The van der Waals surface area contributed by atoms with E-state index in [9.17, 15) is 4.79 Å². The van der Waals surface area contributed by atoms with Crippen molar-refractivity contribution in [1.82, 2.24) is 4.90 Å². The molecule has 20 heavy (non-hydrogen) atoms. The van der Waals surface area contributed by atoms with Gasteiger partial charge in [-0.25, -0.2) is 0 Å². The van der Waals surface area contributed by atoms with Crippen LogP contribution in [0, 0.1) is 0 Å². The first-order valence-electron chi connectivity index (χ1n) is 7.08.